The number of allylic oxidation sites excluding steroid dienone is 1. The molecule has 268 valence electrons. The van der Waals surface area contributed by atoms with Gasteiger partial charge >= 0.3 is 0 Å². The van der Waals surface area contributed by atoms with E-state index >= 15 is 0 Å². The smallest absolute Gasteiger partial charge is 0.165 e. The van der Waals surface area contributed by atoms with E-state index in [-0.39, 0.29) is 0 Å². The second-order valence-corrected chi connectivity index (χ2v) is 16.3. The van der Waals surface area contributed by atoms with E-state index in [2.05, 4.69) is 181 Å². The summed E-state index contributed by atoms with van der Waals surface area (Å²) in [6.45, 7) is 2.29. The maximum absolute atomic E-state index is 5.26. The van der Waals surface area contributed by atoms with Gasteiger partial charge < -0.3 is 4.57 Å². The Morgan fingerprint density at radius 1 is 0.544 bits per heavy atom. The fourth-order valence-corrected chi connectivity index (χ4v) is 10.3. The number of para-hydroxylation sites is 1. The van der Waals surface area contributed by atoms with E-state index in [0.29, 0.717) is 23.4 Å². The van der Waals surface area contributed by atoms with E-state index in [0.717, 1.165) is 34.2 Å². The van der Waals surface area contributed by atoms with Crippen molar-refractivity contribution in [2.75, 3.05) is 0 Å². The van der Waals surface area contributed by atoms with Crippen molar-refractivity contribution in [2.45, 2.75) is 19.3 Å². The summed E-state index contributed by atoms with van der Waals surface area (Å²) >= 11 is 1.81. The molecule has 0 spiro atoms. The summed E-state index contributed by atoms with van der Waals surface area (Å²) in [6.07, 6.45) is 5.57. The average Bonchev–Trinajstić information content (AvgIpc) is 3.82. The van der Waals surface area contributed by atoms with Gasteiger partial charge in [0.1, 0.15) is 0 Å². The van der Waals surface area contributed by atoms with Gasteiger partial charge in [-0.15, -0.1) is 11.3 Å². The normalized spacial score (nSPS) is 14.1. The molecule has 57 heavy (non-hydrogen) atoms. The molecule has 0 fully saturated rings. The zero-order chi connectivity index (χ0) is 37.6. The Balaban J connectivity index is 1.06. The van der Waals surface area contributed by atoms with Crippen LogP contribution in [0.1, 0.15) is 30.4 Å². The summed E-state index contributed by atoms with van der Waals surface area (Å²) < 4.78 is 4.84. The lowest BCUT2D eigenvalue weighted by atomic mass is 9.87. The third-order valence-corrected chi connectivity index (χ3v) is 13.0. The van der Waals surface area contributed by atoms with Crippen LogP contribution in [0.15, 0.2) is 164 Å². The molecule has 0 radical (unpaired) electrons. The molecular weight excluding hydrogens is 713 g/mol. The topological polar surface area (TPSA) is 43.6 Å². The van der Waals surface area contributed by atoms with Crippen LogP contribution in [0.25, 0.3) is 109 Å². The number of hydrogen-bond acceptors (Lipinski definition) is 4. The van der Waals surface area contributed by atoms with Crippen molar-refractivity contribution in [3.05, 3.63) is 175 Å². The van der Waals surface area contributed by atoms with Crippen molar-refractivity contribution in [2.24, 2.45) is 0 Å². The monoisotopic (exact) mass is 746 g/mol. The Bertz CT molecular complexity index is 3480. The zero-order valence-corrected chi connectivity index (χ0v) is 32.0. The number of thiophene rings is 1. The molecule has 11 aromatic rings. The largest absolute Gasteiger partial charge is 0.309 e. The van der Waals surface area contributed by atoms with Gasteiger partial charge in [0.25, 0.3) is 0 Å². The van der Waals surface area contributed by atoms with Gasteiger partial charge in [-0.2, -0.15) is 0 Å². The maximum Gasteiger partial charge on any atom is 0.165 e. The van der Waals surface area contributed by atoms with Crippen LogP contribution in [0.3, 0.4) is 0 Å². The van der Waals surface area contributed by atoms with E-state index in [1.807, 2.05) is 11.3 Å². The molecule has 0 saturated heterocycles. The molecule has 4 nitrogen and oxygen atoms in total. The second-order valence-electron chi connectivity index (χ2n) is 15.3. The highest BCUT2D eigenvalue weighted by molar-refractivity contribution is 7.26. The Hall–Kier alpha value is -6.95. The van der Waals surface area contributed by atoms with E-state index in [1.54, 1.807) is 0 Å². The van der Waals surface area contributed by atoms with Gasteiger partial charge in [0.15, 0.2) is 17.5 Å². The molecule has 0 saturated carbocycles. The minimum absolute atomic E-state index is 0.488. The van der Waals surface area contributed by atoms with Crippen molar-refractivity contribution in [1.29, 1.82) is 0 Å². The lowest BCUT2D eigenvalue weighted by Crippen LogP contribution is -2.03. The first-order valence-corrected chi connectivity index (χ1v) is 20.4. The fraction of sp³-hybridized carbons (Fsp3) is 0.0577. The molecule has 0 amide bonds. The van der Waals surface area contributed by atoms with E-state index < -0.39 is 0 Å². The molecule has 8 aromatic carbocycles. The molecule has 5 heteroatoms. The van der Waals surface area contributed by atoms with Crippen LogP contribution < -0.4 is 0 Å². The first-order chi connectivity index (χ1) is 28.1. The van der Waals surface area contributed by atoms with Crippen molar-refractivity contribution >= 4 is 80.9 Å². The zero-order valence-electron chi connectivity index (χ0n) is 31.1. The standard InChI is InChI=1S/C52H34N4S/c1-31-10-8-14-35-29-37(23-25-39(31)35)51-53-50(36-21-20-32-11-2-3-13-34(32)28-36)54-52(55-51)45-18-9-17-44-42-27-24-38(30-47(42)57-49(44)45)56-46-19-7-6-16-41(46)43-26-22-33-12-4-5-15-40(33)48(43)56/h2-9,11-31H,10H2,1H3. The maximum atomic E-state index is 5.26. The summed E-state index contributed by atoms with van der Waals surface area (Å²) in [5.74, 6) is 2.51. The number of hydrogen-bond donors (Lipinski definition) is 0. The Morgan fingerprint density at radius 2 is 1.25 bits per heavy atom. The van der Waals surface area contributed by atoms with Gasteiger partial charge in [-0.1, -0.05) is 140 Å². The quantitative estimate of drug-likeness (QED) is 0.180. The van der Waals surface area contributed by atoms with E-state index in [4.69, 9.17) is 15.0 Å². The molecule has 12 rings (SSSR count). The minimum Gasteiger partial charge on any atom is -0.309 e. The predicted octanol–water partition coefficient (Wildman–Crippen LogP) is 14.2. The van der Waals surface area contributed by atoms with Crippen LogP contribution >= 0.6 is 11.3 Å². The van der Waals surface area contributed by atoms with Gasteiger partial charge in [0, 0.05) is 58.7 Å². The molecule has 3 heterocycles. The van der Waals surface area contributed by atoms with Crippen LogP contribution in [0.2, 0.25) is 0 Å². The highest BCUT2D eigenvalue weighted by Crippen LogP contribution is 2.43. The highest BCUT2D eigenvalue weighted by atomic mass is 32.1. The lowest BCUT2D eigenvalue weighted by molar-refractivity contribution is 0.772. The van der Waals surface area contributed by atoms with Crippen molar-refractivity contribution in [3.8, 4) is 39.9 Å². The van der Waals surface area contributed by atoms with E-state index in [1.165, 1.54) is 69.3 Å². The summed E-state index contributed by atoms with van der Waals surface area (Å²) in [7, 11) is 0. The molecule has 0 aliphatic heterocycles. The molecule has 1 aliphatic rings. The van der Waals surface area contributed by atoms with Gasteiger partial charge in [0.2, 0.25) is 0 Å². The first kappa shape index (κ1) is 32.3. The molecule has 1 aliphatic carbocycles. The van der Waals surface area contributed by atoms with Crippen molar-refractivity contribution in [3.63, 3.8) is 0 Å². The first-order valence-electron chi connectivity index (χ1n) is 19.6. The predicted molar refractivity (Wildman–Crippen MR) is 240 cm³/mol. The Kier molecular flexibility index (Phi) is 7.10. The van der Waals surface area contributed by atoms with Gasteiger partial charge in [-0.3, -0.25) is 0 Å². The lowest BCUT2D eigenvalue weighted by Gasteiger charge is -2.18. The van der Waals surface area contributed by atoms with Crippen molar-refractivity contribution in [1.82, 2.24) is 19.5 Å². The van der Waals surface area contributed by atoms with Crippen LogP contribution in [-0.2, 0) is 0 Å². The van der Waals surface area contributed by atoms with Crippen LogP contribution in [0.5, 0.6) is 0 Å². The van der Waals surface area contributed by atoms with Gasteiger partial charge in [-0.25, -0.2) is 15.0 Å². The van der Waals surface area contributed by atoms with Crippen molar-refractivity contribution < 1.29 is 0 Å². The Morgan fingerprint density at radius 3 is 2.14 bits per heavy atom. The number of fused-ring (bicyclic) bond motifs is 10. The molecule has 0 bridgehead atoms. The van der Waals surface area contributed by atoms with Gasteiger partial charge in [-0.05, 0) is 76.0 Å². The number of benzene rings is 8. The van der Waals surface area contributed by atoms with Crippen LogP contribution in [0.4, 0.5) is 0 Å². The molecular formula is C52H34N4S. The third kappa shape index (κ3) is 5.09. The van der Waals surface area contributed by atoms with Gasteiger partial charge in [0.05, 0.1) is 11.0 Å². The number of rotatable bonds is 4. The van der Waals surface area contributed by atoms with Crippen LogP contribution in [0, 0.1) is 0 Å². The average molecular weight is 747 g/mol. The number of aromatic nitrogens is 4. The highest BCUT2D eigenvalue weighted by Gasteiger charge is 2.20. The second kappa shape index (κ2) is 12.5. The summed E-state index contributed by atoms with van der Waals surface area (Å²) in [4.78, 5) is 15.7. The fourth-order valence-electron chi connectivity index (χ4n) is 9.02. The third-order valence-electron chi connectivity index (χ3n) is 11.8. The molecule has 1 unspecified atom stereocenters. The SMILES string of the molecule is CC1CC=Cc2cc(-c3nc(-c4ccc5ccccc5c4)nc(-c4cccc5c4sc4cc(-n6c7ccccc7c7ccc8ccccc8c76)ccc45)n3)ccc21. The summed E-state index contributed by atoms with van der Waals surface area (Å²) in [5.41, 5.74) is 9.16. The Labute approximate surface area is 333 Å². The van der Waals surface area contributed by atoms with E-state index in [9.17, 15) is 0 Å². The molecule has 1 atom stereocenters. The van der Waals surface area contributed by atoms with Crippen LogP contribution in [-0.4, -0.2) is 19.5 Å². The summed E-state index contributed by atoms with van der Waals surface area (Å²) in [5, 5.41) is 9.79. The minimum atomic E-state index is 0.488. The molecule has 3 aromatic heterocycles. The number of nitrogens with zero attached hydrogens (tertiary/aromatic N) is 4. The molecule has 0 N–H and O–H groups in total. The summed E-state index contributed by atoms with van der Waals surface area (Å²) in [6, 6.07) is 57.0.